The van der Waals surface area contributed by atoms with Gasteiger partial charge < -0.3 is 10.6 Å². The molecule has 0 aliphatic heterocycles. The van der Waals surface area contributed by atoms with Crippen molar-refractivity contribution in [3.05, 3.63) is 41.6 Å². The van der Waals surface area contributed by atoms with Gasteiger partial charge in [0.1, 0.15) is 12.4 Å². The molecule has 2 N–H and O–H groups in total. The van der Waals surface area contributed by atoms with E-state index in [9.17, 15) is 22.8 Å². The third-order valence-electron chi connectivity index (χ3n) is 7.59. The number of imidazole rings is 1. The van der Waals surface area contributed by atoms with E-state index in [0.717, 1.165) is 24.8 Å². The Morgan fingerprint density at radius 3 is 2.54 bits per heavy atom. The summed E-state index contributed by atoms with van der Waals surface area (Å²) in [5.74, 6) is -3.20. The fourth-order valence-corrected chi connectivity index (χ4v) is 5.33. The number of hydrogen-bond acceptors (Lipinski definition) is 6. The highest BCUT2D eigenvalue weighted by molar-refractivity contribution is 5.92. The third-order valence-corrected chi connectivity index (χ3v) is 7.59. The van der Waals surface area contributed by atoms with Crippen LogP contribution in [0.25, 0.3) is 5.65 Å². The van der Waals surface area contributed by atoms with Crippen molar-refractivity contribution in [3.63, 3.8) is 0 Å². The molecule has 210 valence electrons. The number of aryl methyl sites for hydroxylation is 1. The number of halogens is 3. The van der Waals surface area contributed by atoms with Crippen LogP contribution in [0.1, 0.15) is 92.1 Å². The first-order valence-electron chi connectivity index (χ1n) is 13.6. The summed E-state index contributed by atoms with van der Waals surface area (Å²) < 4.78 is 43.6. The van der Waals surface area contributed by atoms with Crippen LogP contribution in [0, 0.1) is 11.8 Å². The minimum absolute atomic E-state index is 0.00308. The lowest BCUT2D eigenvalue weighted by atomic mass is 9.81. The maximum atomic E-state index is 14.0. The van der Waals surface area contributed by atoms with E-state index in [-0.39, 0.29) is 55.8 Å². The van der Waals surface area contributed by atoms with Gasteiger partial charge in [0.15, 0.2) is 5.65 Å². The fraction of sp³-hybridized carbons (Fsp3) is 0.615. The number of aromatic nitrogens is 6. The molecule has 2 amide bonds. The molecule has 3 aromatic rings. The van der Waals surface area contributed by atoms with Gasteiger partial charge in [0.05, 0.1) is 42.9 Å². The quantitative estimate of drug-likeness (QED) is 0.376. The summed E-state index contributed by atoms with van der Waals surface area (Å²) in [6.45, 7) is 1.12. The van der Waals surface area contributed by atoms with Gasteiger partial charge >= 0.3 is 0 Å². The van der Waals surface area contributed by atoms with Gasteiger partial charge in [-0.25, -0.2) is 27.4 Å². The Morgan fingerprint density at radius 1 is 1.10 bits per heavy atom. The normalized spacial score (nSPS) is 19.1. The van der Waals surface area contributed by atoms with Crippen LogP contribution < -0.4 is 10.6 Å². The monoisotopic (exact) mass is 546 g/mol. The number of alkyl halides is 3. The predicted molar refractivity (Wildman–Crippen MR) is 135 cm³/mol. The van der Waals surface area contributed by atoms with Crippen LogP contribution >= 0.6 is 0 Å². The van der Waals surface area contributed by atoms with E-state index in [0.29, 0.717) is 23.7 Å². The van der Waals surface area contributed by atoms with Crippen LogP contribution in [-0.4, -0.2) is 54.0 Å². The largest absolute Gasteiger partial charge is 0.349 e. The van der Waals surface area contributed by atoms with Crippen molar-refractivity contribution < 1.29 is 22.8 Å². The minimum Gasteiger partial charge on any atom is -0.349 e. The van der Waals surface area contributed by atoms with Crippen molar-refractivity contribution in [1.82, 2.24) is 40.2 Å². The van der Waals surface area contributed by atoms with E-state index in [2.05, 4.69) is 26.0 Å². The average Bonchev–Trinajstić information content (AvgIpc) is 3.48. The van der Waals surface area contributed by atoms with Crippen LogP contribution in [0.15, 0.2) is 24.7 Å². The number of carbonyl (C=O) groups excluding carboxylic acids is 2. The summed E-state index contributed by atoms with van der Waals surface area (Å²) in [6.07, 6.45) is 7.77. The van der Waals surface area contributed by atoms with Crippen molar-refractivity contribution in [3.8, 4) is 0 Å². The first-order chi connectivity index (χ1) is 18.8. The highest BCUT2D eigenvalue weighted by Gasteiger charge is 2.40. The molecule has 2 atom stereocenters. The van der Waals surface area contributed by atoms with Gasteiger partial charge in [0, 0.05) is 19.3 Å². The number of fused-ring (bicyclic) bond motifs is 1. The average molecular weight is 547 g/mol. The molecule has 10 nitrogen and oxygen atoms in total. The molecule has 0 spiro atoms. The SMILES string of the molecule is CCCC(=O)N[C@@H](c1cnn2cc([C@@H](NC(=O)c3cnnn3CCF)C3CCC(F)(F)CC3)nc2c1)C1CC1. The van der Waals surface area contributed by atoms with Crippen LogP contribution in [0.5, 0.6) is 0 Å². The molecule has 13 heteroatoms. The molecule has 0 radical (unpaired) electrons. The van der Waals surface area contributed by atoms with Gasteiger partial charge in [-0.1, -0.05) is 12.1 Å². The van der Waals surface area contributed by atoms with E-state index in [1.807, 2.05) is 13.0 Å². The van der Waals surface area contributed by atoms with Gasteiger partial charge in [-0.15, -0.1) is 5.10 Å². The number of rotatable bonds is 11. The van der Waals surface area contributed by atoms with Crippen LogP contribution in [0.2, 0.25) is 0 Å². The Hall–Kier alpha value is -3.51. The lowest BCUT2D eigenvalue weighted by Gasteiger charge is -2.33. The summed E-state index contributed by atoms with van der Waals surface area (Å²) in [6, 6.07) is 1.05. The van der Waals surface area contributed by atoms with E-state index in [4.69, 9.17) is 4.98 Å². The Morgan fingerprint density at radius 2 is 1.85 bits per heavy atom. The molecule has 39 heavy (non-hydrogen) atoms. The van der Waals surface area contributed by atoms with E-state index >= 15 is 0 Å². The van der Waals surface area contributed by atoms with Crippen molar-refractivity contribution in [2.75, 3.05) is 6.67 Å². The topological polar surface area (TPSA) is 119 Å². The zero-order chi connectivity index (χ0) is 27.6. The first-order valence-corrected chi connectivity index (χ1v) is 13.6. The van der Waals surface area contributed by atoms with Crippen LogP contribution in [0.4, 0.5) is 13.2 Å². The standard InChI is InChI=1S/C26H33F3N8O2/c1-2-3-22(38)33-23(16-4-5-16)18-12-21-32-19(15-37(21)31-13-18)24(17-6-8-26(28,29)9-7-17)34-25(39)20-14-30-35-36(20)11-10-27/h12-17,23-24H,2-11H2,1H3,(H,33,38)(H,34,39)/t23-,24+/m1/s1. The summed E-state index contributed by atoms with van der Waals surface area (Å²) in [5, 5.41) is 18.0. The van der Waals surface area contributed by atoms with Crippen molar-refractivity contribution in [2.45, 2.75) is 82.8 Å². The second kappa shape index (κ2) is 11.3. The summed E-state index contributed by atoms with van der Waals surface area (Å²) >= 11 is 0. The van der Waals surface area contributed by atoms with Gasteiger partial charge in [-0.2, -0.15) is 5.10 Å². The fourth-order valence-electron chi connectivity index (χ4n) is 5.33. The number of amides is 2. The Balaban J connectivity index is 1.43. The zero-order valence-corrected chi connectivity index (χ0v) is 21.8. The summed E-state index contributed by atoms with van der Waals surface area (Å²) in [7, 11) is 0. The molecule has 3 aromatic heterocycles. The molecule has 0 bridgehead atoms. The molecule has 3 heterocycles. The molecule has 2 fully saturated rings. The van der Waals surface area contributed by atoms with E-state index in [1.54, 1.807) is 16.9 Å². The van der Waals surface area contributed by atoms with E-state index in [1.165, 1.54) is 10.9 Å². The molecule has 2 aliphatic rings. The molecule has 2 aliphatic carbocycles. The van der Waals surface area contributed by atoms with Gasteiger partial charge in [0.2, 0.25) is 11.8 Å². The highest BCUT2D eigenvalue weighted by atomic mass is 19.3. The van der Waals surface area contributed by atoms with Crippen molar-refractivity contribution >= 4 is 17.5 Å². The molecular weight excluding hydrogens is 513 g/mol. The van der Waals surface area contributed by atoms with Crippen LogP contribution in [-0.2, 0) is 11.3 Å². The predicted octanol–water partition coefficient (Wildman–Crippen LogP) is 3.95. The van der Waals surface area contributed by atoms with Gasteiger partial charge in [-0.05, 0) is 55.6 Å². The minimum atomic E-state index is -2.73. The Labute approximate surface area is 223 Å². The molecular formula is C26H33F3N8O2. The van der Waals surface area contributed by atoms with Gasteiger partial charge in [-0.3, -0.25) is 9.59 Å². The van der Waals surface area contributed by atoms with Crippen molar-refractivity contribution in [1.29, 1.82) is 0 Å². The Bertz CT molecular complexity index is 1310. The Kier molecular flexibility index (Phi) is 7.85. The molecule has 2 saturated carbocycles. The lowest BCUT2D eigenvalue weighted by Crippen LogP contribution is -2.38. The highest BCUT2D eigenvalue weighted by Crippen LogP contribution is 2.42. The zero-order valence-electron chi connectivity index (χ0n) is 21.8. The smallest absolute Gasteiger partial charge is 0.271 e. The second-order valence-corrected chi connectivity index (χ2v) is 10.6. The summed E-state index contributed by atoms with van der Waals surface area (Å²) in [4.78, 5) is 30.2. The maximum Gasteiger partial charge on any atom is 0.271 e. The number of hydrogen-bond donors (Lipinski definition) is 2. The number of carbonyl (C=O) groups is 2. The third kappa shape index (κ3) is 6.22. The number of nitrogens with zero attached hydrogens (tertiary/aromatic N) is 6. The number of nitrogens with one attached hydrogen (secondary N) is 2. The molecule has 0 aromatic carbocycles. The van der Waals surface area contributed by atoms with Crippen LogP contribution in [0.3, 0.4) is 0 Å². The molecule has 5 rings (SSSR count). The second-order valence-electron chi connectivity index (χ2n) is 10.6. The molecule has 0 saturated heterocycles. The first kappa shape index (κ1) is 27.1. The summed E-state index contributed by atoms with van der Waals surface area (Å²) in [5.41, 5.74) is 1.96. The van der Waals surface area contributed by atoms with Gasteiger partial charge in [0.25, 0.3) is 5.91 Å². The maximum absolute atomic E-state index is 14.0. The lowest BCUT2D eigenvalue weighted by molar-refractivity contribution is -0.122. The van der Waals surface area contributed by atoms with Crippen molar-refractivity contribution in [2.24, 2.45) is 11.8 Å². The molecule has 0 unspecified atom stereocenters. The van der Waals surface area contributed by atoms with E-state index < -0.39 is 24.5 Å².